The Morgan fingerprint density at radius 2 is 2.14 bits per heavy atom. The van der Waals surface area contributed by atoms with E-state index in [-0.39, 0.29) is 36.1 Å². The van der Waals surface area contributed by atoms with E-state index < -0.39 is 0 Å². The number of nitrogens with zero attached hydrogens (tertiary/aromatic N) is 2. The van der Waals surface area contributed by atoms with Gasteiger partial charge < -0.3 is 19.6 Å². The van der Waals surface area contributed by atoms with Crippen molar-refractivity contribution in [2.24, 2.45) is 11.8 Å². The van der Waals surface area contributed by atoms with E-state index in [9.17, 15) is 9.59 Å². The van der Waals surface area contributed by atoms with Gasteiger partial charge in [-0.25, -0.2) is 4.98 Å². The SMILES string of the molecule is CC(C)[C@H](NC(=O)[C@@H]1CC(=O)N(Cc2ccco2)C1)c1nc2ccccc2[nH]1. The Morgan fingerprint density at radius 3 is 2.86 bits per heavy atom. The number of carbonyl (C=O) groups is 2. The summed E-state index contributed by atoms with van der Waals surface area (Å²) in [5.74, 6) is 1.10. The van der Waals surface area contributed by atoms with Gasteiger partial charge in [-0.1, -0.05) is 26.0 Å². The molecule has 0 unspecified atom stereocenters. The van der Waals surface area contributed by atoms with Gasteiger partial charge in [-0.2, -0.15) is 0 Å². The molecule has 2 aromatic heterocycles. The number of rotatable bonds is 6. The van der Waals surface area contributed by atoms with E-state index in [0.29, 0.717) is 13.1 Å². The minimum absolute atomic E-state index is 0.0265. The highest BCUT2D eigenvalue weighted by molar-refractivity contribution is 5.89. The molecule has 1 aliphatic rings. The number of para-hydroxylation sites is 2. The second-order valence-corrected chi connectivity index (χ2v) is 7.62. The fraction of sp³-hybridized carbons (Fsp3) is 0.381. The largest absolute Gasteiger partial charge is 0.467 e. The summed E-state index contributed by atoms with van der Waals surface area (Å²) in [5.41, 5.74) is 1.82. The fourth-order valence-electron chi connectivity index (χ4n) is 3.63. The first kappa shape index (κ1) is 18.3. The molecule has 0 bridgehead atoms. The number of nitrogens with one attached hydrogen (secondary N) is 2. The van der Waals surface area contributed by atoms with Crippen LogP contribution < -0.4 is 5.32 Å². The Bertz CT molecular complexity index is 944. The third kappa shape index (κ3) is 3.65. The van der Waals surface area contributed by atoms with E-state index in [4.69, 9.17) is 4.42 Å². The smallest absolute Gasteiger partial charge is 0.226 e. The average Bonchev–Trinajstić information content (AvgIpc) is 3.40. The minimum Gasteiger partial charge on any atom is -0.467 e. The number of amides is 2. The summed E-state index contributed by atoms with van der Waals surface area (Å²) in [6, 6.07) is 11.2. The molecule has 1 saturated heterocycles. The van der Waals surface area contributed by atoms with Crippen LogP contribution in [-0.2, 0) is 16.1 Å². The third-order valence-corrected chi connectivity index (χ3v) is 5.18. The molecule has 28 heavy (non-hydrogen) atoms. The van der Waals surface area contributed by atoms with Crippen LogP contribution in [0.25, 0.3) is 11.0 Å². The second-order valence-electron chi connectivity index (χ2n) is 7.62. The average molecular weight is 380 g/mol. The standard InChI is InChI=1S/C21H24N4O3/c1-13(2)19(20-22-16-7-3-4-8-17(16)23-20)24-21(27)14-10-18(26)25(11-14)12-15-6-5-9-28-15/h3-9,13-14,19H,10-12H2,1-2H3,(H,22,23)(H,24,27)/t14-,19+/m1/s1. The number of hydrogen-bond acceptors (Lipinski definition) is 4. The van der Waals surface area contributed by atoms with Gasteiger partial charge in [-0.3, -0.25) is 9.59 Å². The van der Waals surface area contributed by atoms with Crippen LogP contribution in [0, 0.1) is 11.8 Å². The summed E-state index contributed by atoms with van der Waals surface area (Å²) >= 11 is 0. The van der Waals surface area contributed by atoms with Crippen molar-refractivity contribution in [1.29, 1.82) is 0 Å². The quantitative estimate of drug-likeness (QED) is 0.688. The van der Waals surface area contributed by atoms with Crippen molar-refractivity contribution < 1.29 is 14.0 Å². The normalized spacial score (nSPS) is 18.2. The maximum absolute atomic E-state index is 12.9. The number of aromatic amines is 1. The zero-order valence-electron chi connectivity index (χ0n) is 16.0. The van der Waals surface area contributed by atoms with Gasteiger partial charge in [0.05, 0.1) is 35.8 Å². The van der Waals surface area contributed by atoms with Gasteiger partial charge in [0.2, 0.25) is 11.8 Å². The van der Waals surface area contributed by atoms with E-state index in [0.717, 1.165) is 22.6 Å². The first-order valence-corrected chi connectivity index (χ1v) is 9.56. The molecule has 0 saturated carbocycles. The predicted octanol–water partition coefficient (Wildman–Crippen LogP) is 3.02. The van der Waals surface area contributed by atoms with Crippen LogP contribution in [0.1, 0.15) is 37.9 Å². The molecular weight excluding hydrogens is 356 g/mol. The van der Waals surface area contributed by atoms with Gasteiger partial charge >= 0.3 is 0 Å². The zero-order valence-corrected chi connectivity index (χ0v) is 16.0. The molecule has 7 nitrogen and oxygen atoms in total. The van der Waals surface area contributed by atoms with Crippen LogP contribution >= 0.6 is 0 Å². The minimum atomic E-state index is -0.368. The molecule has 1 aliphatic heterocycles. The van der Waals surface area contributed by atoms with Crippen molar-refractivity contribution in [3.63, 3.8) is 0 Å². The summed E-state index contributed by atoms with van der Waals surface area (Å²) in [6.45, 7) is 4.88. The lowest BCUT2D eigenvalue weighted by Gasteiger charge is -2.22. The number of fused-ring (bicyclic) bond motifs is 1. The molecule has 0 aliphatic carbocycles. The maximum Gasteiger partial charge on any atom is 0.226 e. The fourth-order valence-corrected chi connectivity index (χ4v) is 3.63. The van der Waals surface area contributed by atoms with Crippen molar-refractivity contribution in [2.45, 2.75) is 32.9 Å². The van der Waals surface area contributed by atoms with Crippen LogP contribution in [0.15, 0.2) is 47.1 Å². The number of H-pyrrole nitrogens is 1. The first-order valence-electron chi connectivity index (χ1n) is 9.56. The van der Waals surface area contributed by atoms with E-state index >= 15 is 0 Å². The molecule has 1 aromatic carbocycles. The molecule has 2 amide bonds. The second kappa shape index (κ2) is 7.50. The maximum atomic E-state index is 12.9. The van der Waals surface area contributed by atoms with Crippen LogP contribution in [-0.4, -0.2) is 33.2 Å². The van der Waals surface area contributed by atoms with E-state index in [1.54, 1.807) is 17.2 Å². The molecule has 3 aromatic rings. The number of aromatic nitrogens is 2. The van der Waals surface area contributed by atoms with Crippen molar-refractivity contribution in [2.75, 3.05) is 6.54 Å². The molecule has 3 heterocycles. The number of furan rings is 1. The van der Waals surface area contributed by atoms with E-state index in [1.165, 1.54) is 0 Å². The van der Waals surface area contributed by atoms with Crippen LogP contribution in [0.5, 0.6) is 0 Å². The van der Waals surface area contributed by atoms with Crippen molar-refractivity contribution in [3.8, 4) is 0 Å². The Hall–Kier alpha value is -3.09. The van der Waals surface area contributed by atoms with Crippen LogP contribution in [0.2, 0.25) is 0 Å². The highest BCUT2D eigenvalue weighted by atomic mass is 16.3. The molecule has 0 radical (unpaired) electrons. The Kier molecular flexibility index (Phi) is 4.90. The number of likely N-dealkylation sites (tertiary alicyclic amines) is 1. The molecule has 1 fully saturated rings. The predicted molar refractivity (Wildman–Crippen MR) is 104 cm³/mol. The van der Waals surface area contributed by atoms with Crippen LogP contribution in [0.3, 0.4) is 0 Å². The van der Waals surface area contributed by atoms with Gasteiger partial charge in [0.1, 0.15) is 11.6 Å². The summed E-state index contributed by atoms with van der Waals surface area (Å²) in [6.07, 6.45) is 1.80. The summed E-state index contributed by atoms with van der Waals surface area (Å²) in [5, 5.41) is 3.10. The number of carbonyl (C=O) groups excluding carboxylic acids is 2. The van der Waals surface area contributed by atoms with Gasteiger partial charge in [-0.15, -0.1) is 0 Å². The lowest BCUT2D eigenvalue weighted by Crippen LogP contribution is -2.37. The molecular formula is C21H24N4O3. The highest BCUT2D eigenvalue weighted by Crippen LogP contribution is 2.25. The summed E-state index contributed by atoms with van der Waals surface area (Å²) < 4.78 is 5.32. The molecule has 146 valence electrons. The van der Waals surface area contributed by atoms with E-state index in [1.807, 2.05) is 44.2 Å². The van der Waals surface area contributed by atoms with Gasteiger partial charge in [0.25, 0.3) is 0 Å². The monoisotopic (exact) mass is 380 g/mol. The molecule has 4 rings (SSSR count). The summed E-state index contributed by atoms with van der Waals surface area (Å²) in [7, 11) is 0. The van der Waals surface area contributed by atoms with Crippen molar-refractivity contribution in [1.82, 2.24) is 20.2 Å². The molecule has 2 N–H and O–H groups in total. The lowest BCUT2D eigenvalue weighted by atomic mass is 10.0. The van der Waals surface area contributed by atoms with Crippen LogP contribution in [0.4, 0.5) is 0 Å². The topological polar surface area (TPSA) is 91.2 Å². The lowest BCUT2D eigenvalue weighted by molar-refractivity contribution is -0.129. The summed E-state index contributed by atoms with van der Waals surface area (Å²) in [4.78, 5) is 34.8. The van der Waals surface area contributed by atoms with E-state index in [2.05, 4.69) is 15.3 Å². The Balaban J connectivity index is 1.45. The Morgan fingerprint density at radius 1 is 1.32 bits per heavy atom. The highest BCUT2D eigenvalue weighted by Gasteiger charge is 2.36. The number of imidazole rings is 1. The van der Waals surface area contributed by atoms with Crippen molar-refractivity contribution >= 4 is 22.8 Å². The molecule has 0 spiro atoms. The van der Waals surface area contributed by atoms with Gasteiger partial charge in [0, 0.05) is 13.0 Å². The zero-order chi connectivity index (χ0) is 19.7. The molecule has 7 heteroatoms. The molecule has 2 atom stereocenters. The third-order valence-electron chi connectivity index (χ3n) is 5.18. The number of hydrogen-bond donors (Lipinski definition) is 2. The van der Waals surface area contributed by atoms with Gasteiger partial charge in [0.15, 0.2) is 0 Å². The van der Waals surface area contributed by atoms with Gasteiger partial charge in [-0.05, 0) is 30.2 Å². The first-order chi connectivity index (χ1) is 13.5. The van der Waals surface area contributed by atoms with Crippen molar-refractivity contribution in [3.05, 3.63) is 54.2 Å². The Labute approximate surface area is 163 Å². The number of benzene rings is 1.